The molecule has 5 atom stereocenters. The molecule has 5 aliphatic rings. The number of carbonyl (C=O) groups excluding carboxylic acids is 1. The van der Waals surface area contributed by atoms with E-state index in [4.69, 9.17) is 20.6 Å². The lowest BCUT2D eigenvalue weighted by Crippen LogP contribution is -2.60. The van der Waals surface area contributed by atoms with Crippen molar-refractivity contribution in [1.29, 1.82) is 0 Å². The first-order valence-electron chi connectivity index (χ1n) is 17.2. The summed E-state index contributed by atoms with van der Waals surface area (Å²) in [5, 5.41) is 16.2. The normalized spacial score (nSPS) is 31.1. The van der Waals surface area contributed by atoms with Gasteiger partial charge in [0.15, 0.2) is 0 Å². The summed E-state index contributed by atoms with van der Waals surface area (Å²) in [5.41, 5.74) is 6.59. The number of aliphatic hydroxyl groups is 1. The van der Waals surface area contributed by atoms with Crippen LogP contribution >= 0.6 is 0 Å². The SMILES string of the molecule is C#CC(F)(F)[C@]1(O)CC[C@H]2[C@@H]3CCC4=C/C(=N/NC(=O)CCOCCOCCOC)CCC4=C3[C@H](c3ccc(C4CC4)cc3)C[C@@]21C. The van der Waals surface area contributed by atoms with Crippen molar-refractivity contribution < 1.29 is 32.9 Å². The lowest BCUT2D eigenvalue weighted by Gasteiger charge is -2.55. The molecule has 47 heavy (non-hydrogen) atoms. The Balaban J connectivity index is 1.21. The minimum Gasteiger partial charge on any atom is -0.382 e. The number of benzene rings is 1. The van der Waals surface area contributed by atoms with Crippen LogP contribution in [-0.2, 0) is 19.0 Å². The standard InChI is InChI=1S/C38H48F2N2O5/c1-4-38(39,40)37(44)17-15-33-31-13-11-28-23-29(41-42-34(43)16-18-46-21-22-47-20-19-45-3)12-14-30(28)35(31)32(24-36(33,37)2)27-9-7-26(8-10-27)25-5-6-25/h1,7-10,23,25,31-33,44H,5-6,11-22,24H2,2-3H3,(H,42,43)/b41-29+/t31-,32-,33-,36-,37-/m0/s1. The predicted molar refractivity (Wildman–Crippen MR) is 176 cm³/mol. The molecule has 1 aromatic carbocycles. The van der Waals surface area contributed by atoms with Crippen LogP contribution in [0.1, 0.15) is 94.1 Å². The van der Waals surface area contributed by atoms with Crippen molar-refractivity contribution >= 4 is 11.6 Å². The van der Waals surface area contributed by atoms with Gasteiger partial charge in [0.1, 0.15) is 5.60 Å². The Morgan fingerprint density at radius 1 is 1.04 bits per heavy atom. The molecule has 0 spiro atoms. The van der Waals surface area contributed by atoms with Crippen molar-refractivity contribution in [3.05, 3.63) is 58.2 Å². The third kappa shape index (κ3) is 6.59. The van der Waals surface area contributed by atoms with E-state index in [0.717, 1.165) is 30.5 Å². The number of rotatable bonds is 13. The second-order valence-corrected chi connectivity index (χ2v) is 14.2. The van der Waals surface area contributed by atoms with E-state index in [1.54, 1.807) is 13.0 Å². The van der Waals surface area contributed by atoms with Gasteiger partial charge in [0.25, 0.3) is 0 Å². The van der Waals surface area contributed by atoms with E-state index >= 15 is 8.78 Å². The number of alkyl halides is 2. The number of nitrogens with one attached hydrogen (secondary N) is 1. The second kappa shape index (κ2) is 13.9. The van der Waals surface area contributed by atoms with Crippen LogP contribution in [0, 0.1) is 29.6 Å². The maximum atomic E-state index is 15.4. The highest BCUT2D eigenvalue weighted by Gasteiger charge is 2.71. The fourth-order valence-corrected chi connectivity index (χ4v) is 8.94. The number of ether oxygens (including phenoxy) is 3. The molecule has 2 N–H and O–H groups in total. The highest BCUT2D eigenvalue weighted by molar-refractivity contribution is 5.98. The van der Waals surface area contributed by atoms with E-state index < -0.39 is 16.9 Å². The van der Waals surface area contributed by atoms with Gasteiger partial charge in [-0.25, -0.2) is 5.43 Å². The number of hydrogen-bond acceptors (Lipinski definition) is 6. The molecule has 0 aromatic heterocycles. The molecule has 0 bridgehead atoms. The molecule has 0 unspecified atom stereocenters. The van der Waals surface area contributed by atoms with Gasteiger partial charge in [0, 0.05) is 18.4 Å². The van der Waals surface area contributed by atoms with Gasteiger partial charge in [-0.2, -0.15) is 13.9 Å². The summed E-state index contributed by atoms with van der Waals surface area (Å²) >= 11 is 0. The number of amides is 1. The van der Waals surface area contributed by atoms with Crippen molar-refractivity contribution in [1.82, 2.24) is 5.43 Å². The number of terminal acetylenes is 1. The van der Waals surface area contributed by atoms with Gasteiger partial charge in [-0.3, -0.25) is 4.79 Å². The van der Waals surface area contributed by atoms with Crippen LogP contribution in [0.15, 0.2) is 52.2 Å². The Hall–Kier alpha value is -2.90. The topological polar surface area (TPSA) is 89.4 Å². The van der Waals surface area contributed by atoms with Crippen molar-refractivity contribution in [2.75, 3.05) is 40.1 Å². The van der Waals surface area contributed by atoms with E-state index in [9.17, 15) is 9.90 Å². The monoisotopic (exact) mass is 650 g/mol. The summed E-state index contributed by atoms with van der Waals surface area (Å²) < 4.78 is 46.5. The minimum absolute atomic E-state index is 0.00419. The highest BCUT2D eigenvalue weighted by atomic mass is 19.3. The summed E-state index contributed by atoms with van der Waals surface area (Å²) in [6.45, 7) is 4.05. The predicted octanol–water partition coefficient (Wildman–Crippen LogP) is 6.44. The lowest BCUT2D eigenvalue weighted by molar-refractivity contribution is -0.209. The third-order valence-corrected chi connectivity index (χ3v) is 11.6. The molecule has 0 saturated heterocycles. The van der Waals surface area contributed by atoms with E-state index in [1.165, 1.54) is 35.1 Å². The average Bonchev–Trinajstić information content (AvgIpc) is 3.89. The highest BCUT2D eigenvalue weighted by Crippen LogP contribution is 2.69. The van der Waals surface area contributed by atoms with Crippen molar-refractivity contribution in [3.8, 4) is 12.3 Å². The van der Waals surface area contributed by atoms with Crippen LogP contribution in [0.4, 0.5) is 8.78 Å². The molecule has 254 valence electrons. The smallest absolute Gasteiger partial charge is 0.336 e. The second-order valence-electron chi connectivity index (χ2n) is 14.2. The van der Waals surface area contributed by atoms with Gasteiger partial charge in [-0.1, -0.05) is 36.8 Å². The van der Waals surface area contributed by atoms with Gasteiger partial charge in [-0.05, 0) is 110 Å². The Labute approximate surface area is 277 Å². The number of halogens is 2. The number of methoxy groups -OCH3 is 1. The van der Waals surface area contributed by atoms with Crippen molar-refractivity contribution in [3.63, 3.8) is 0 Å². The third-order valence-electron chi connectivity index (χ3n) is 11.6. The first-order chi connectivity index (χ1) is 22.6. The fraction of sp³-hybridized carbons (Fsp3) is 0.632. The summed E-state index contributed by atoms with van der Waals surface area (Å²) in [5.74, 6) is -1.59. The zero-order chi connectivity index (χ0) is 33.2. The molecule has 3 saturated carbocycles. The molecule has 3 fully saturated rings. The van der Waals surface area contributed by atoms with Gasteiger partial charge in [0.05, 0.1) is 45.2 Å². The Bertz CT molecular complexity index is 1460. The van der Waals surface area contributed by atoms with Crippen molar-refractivity contribution in [2.24, 2.45) is 22.4 Å². The molecule has 1 aromatic rings. The molecular weight excluding hydrogens is 602 g/mol. The first-order valence-corrected chi connectivity index (χ1v) is 17.2. The van der Waals surface area contributed by atoms with Gasteiger partial charge >= 0.3 is 5.92 Å². The number of allylic oxidation sites excluding steroid dienone is 4. The number of nitrogens with zero attached hydrogens (tertiary/aromatic N) is 1. The lowest BCUT2D eigenvalue weighted by atomic mass is 9.50. The van der Waals surface area contributed by atoms with Crippen LogP contribution in [0.5, 0.6) is 0 Å². The molecule has 6 rings (SSSR count). The largest absolute Gasteiger partial charge is 0.382 e. The Kier molecular flexibility index (Phi) is 10.1. The minimum atomic E-state index is -3.60. The van der Waals surface area contributed by atoms with Crippen molar-refractivity contribution in [2.45, 2.75) is 94.5 Å². The molecule has 7 nitrogen and oxygen atoms in total. The number of hydrogen-bond donors (Lipinski definition) is 2. The number of hydrazone groups is 1. The zero-order valence-corrected chi connectivity index (χ0v) is 27.7. The van der Waals surface area contributed by atoms with Crippen LogP contribution < -0.4 is 5.43 Å². The van der Waals surface area contributed by atoms with Crippen LogP contribution in [0.2, 0.25) is 0 Å². The summed E-state index contributed by atoms with van der Waals surface area (Å²) in [4.78, 5) is 12.4. The number of carbonyl (C=O) groups is 1. The summed E-state index contributed by atoms with van der Waals surface area (Å²) in [6.07, 6.45) is 14.1. The molecule has 1 amide bonds. The molecule has 0 radical (unpaired) electrons. The summed E-state index contributed by atoms with van der Waals surface area (Å²) in [7, 11) is 1.62. The molecule has 0 aliphatic heterocycles. The van der Waals surface area contributed by atoms with E-state index in [2.05, 4.69) is 40.9 Å². The van der Waals surface area contributed by atoms with E-state index in [-0.39, 0.29) is 43.1 Å². The molecular formula is C38H48F2N2O5. The Morgan fingerprint density at radius 2 is 1.74 bits per heavy atom. The van der Waals surface area contributed by atoms with Gasteiger partial charge in [0.2, 0.25) is 5.91 Å². The van der Waals surface area contributed by atoms with Crippen LogP contribution in [-0.4, -0.2) is 68.4 Å². The molecule has 0 heterocycles. The molecule has 9 heteroatoms. The fourth-order valence-electron chi connectivity index (χ4n) is 8.94. The average molecular weight is 651 g/mol. The molecule has 5 aliphatic carbocycles. The summed E-state index contributed by atoms with van der Waals surface area (Å²) in [6, 6.07) is 8.77. The van der Waals surface area contributed by atoms with Gasteiger partial charge < -0.3 is 19.3 Å². The van der Waals surface area contributed by atoms with E-state index in [1.807, 2.05) is 6.92 Å². The van der Waals surface area contributed by atoms with E-state index in [0.29, 0.717) is 51.6 Å². The number of fused-ring (bicyclic) bond motifs is 4. The van der Waals surface area contributed by atoms with Crippen LogP contribution in [0.25, 0.3) is 0 Å². The maximum absolute atomic E-state index is 15.4. The van der Waals surface area contributed by atoms with Crippen LogP contribution in [0.3, 0.4) is 0 Å². The quantitative estimate of drug-likeness (QED) is 0.146. The first kappa shape index (κ1) is 34.0. The zero-order valence-electron chi connectivity index (χ0n) is 27.7. The maximum Gasteiger partial charge on any atom is 0.336 e. The Morgan fingerprint density at radius 3 is 2.45 bits per heavy atom. The van der Waals surface area contributed by atoms with Gasteiger partial charge in [-0.15, -0.1) is 6.42 Å².